The third kappa shape index (κ3) is 3.68. The van der Waals surface area contributed by atoms with E-state index in [1.54, 1.807) is 0 Å². The Balaban J connectivity index is 2.08. The van der Waals surface area contributed by atoms with Gasteiger partial charge >= 0.3 is 6.09 Å². The molecule has 0 saturated carbocycles. The Morgan fingerprint density at radius 2 is 1.97 bits per heavy atom. The fourth-order valence-corrected chi connectivity index (χ4v) is 4.19. The van der Waals surface area contributed by atoms with E-state index in [4.69, 9.17) is 14.5 Å². The van der Waals surface area contributed by atoms with E-state index in [0.29, 0.717) is 35.4 Å². The maximum atomic E-state index is 11.1. The van der Waals surface area contributed by atoms with Gasteiger partial charge in [-0.2, -0.15) is 5.26 Å². The van der Waals surface area contributed by atoms with Gasteiger partial charge in [0.25, 0.3) is 0 Å². The van der Waals surface area contributed by atoms with Gasteiger partial charge in [-0.1, -0.05) is 57.2 Å². The zero-order chi connectivity index (χ0) is 22.3. The smallest absolute Gasteiger partial charge is 0.405 e. The summed E-state index contributed by atoms with van der Waals surface area (Å²) in [5, 5.41) is 21.7. The van der Waals surface area contributed by atoms with Crippen LogP contribution >= 0.6 is 0 Å². The van der Waals surface area contributed by atoms with Crippen LogP contribution in [0.2, 0.25) is 0 Å². The highest BCUT2D eigenvalue weighted by Crippen LogP contribution is 2.44. The first-order valence-corrected chi connectivity index (χ1v) is 10.3. The van der Waals surface area contributed by atoms with Crippen molar-refractivity contribution < 1.29 is 14.3 Å². The van der Waals surface area contributed by atoms with E-state index in [9.17, 15) is 10.1 Å². The molecule has 2 N–H and O–H groups in total. The van der Waals surface area contributed by atoms with Crippen LogP contribution in [-0.2, 0) is 5.41 Å². The summed E-state index contributed by atoms with van der Waals surface area (Å²) < 4.78 is 6.31. The molecule has 6 nitrogen and oxygen atoms in total. The number of hydrogen-bond donors (Lipinski definition) is 2. The lowest BCUT2D eigenvalue weighted by Crippen LogP contribution is -2.30. The lowest BCUT2D eigenvalue weighted by Gasteiger charge is -2.16. The van der Waals surface area contributed by atoms with Crippen molar-refractivity contribution in [1.82, 2.24) is 10.3 Å². The second-order valence-corrected chi connectivity index (χ2v) is 8.96. The van der Waals surface area contributed by atoms with Gasteiger partial charge in [0, 0.05) is 11.0 Å². The monoisotopic (exact) mass is 415 g/mol. The molecule has 1 heterocycles. The Hall–Kier alpha value is -3.59. The van der Waals surface area contributed by atoms with Crippen LogP contribution in [0.3, 0.4) is 0 Å². The highest BCUT2D eigenvalue weighted by molar-refractivity contribution is 6.01. The van der Waals surface area contributed by atoms with Gasteiger partial charge in [-0.15, -0.1) is 0 Å². The number of nitrogens with one attached hydrogen (secondary N) is 1. The Kier molecular flexibility index (Phi) is 5.06. The summed E-state index contributed by atoms with van der Waals surface area (Å²) in [6.45, 7) is 8.01. The van der Waals surface area contributed by atoms with Crippen molar-refractivity contribution in [3.63, 3.8) is 0 Å². The predicted octanol–water partition coefficient (Wildman–Crippen LogP) is 5.79. The molecule has 31 heavy (non-hydrogen) atoms. The molecule has 0 radical (unpaired) electrons. The van der Waals surface area contributed by atoms with Crippen LogP contribution in [0.4, 0.5) is 4.79 Å². The van der Waals surface area contributed by atoms with Crippen LogP contribution in [0.1, 0.15) is 56.2 Å². The van der Waals surface area contributed by atoms with Crippen molar-refractivity contribution in [3.8, 4) is 17.2 Å². The molecule has 0 aliphatic heterocycles. The minimum absolute atomic E-state index is 0.257. The highest BCUT2D eigenvalue weighted by Gasteiger charge is 2.30. The maximum absolute atomic E-state index is 11.1. The number of benzene rings is 2. The molecule has 0 saturated heterocycles. The molecule has 0 fully saturated rings. The molecule has 1 aliphatic rings. The SMILES string of the molecule is Cc1c(-c2ccccc2)c(C2=CC(NC(=O)O)CC2)c2oc(C(C)(C)C)nc2c1C#N. The summed E-state index contributed by atoms with van der Waals surface area (Å²) in [6.07, 6.45) is 2.30. The second kappa shape index (κ2) is 7.59. The van der Waals surface area contributed by atoms with Crippen LogP contribution < -0.4 is 5.32 Å². The zero-order valence-electron chi connectivity index (χ0n) is 18.1. The topological polar surface area (TPSA) is 99.2 Å². The molecule has 1 unspecified atom stereocenters. The number of hydrogen-bond acceptors (Lipinski definition) is 4. The number of amides is 1. The fraction of sp³-hybridized carbons (Fsp3) is 0.320. The molecule has 6 heteroatoms. The first-order chi connectivity index (χ1) is 14.7. The van der Waals surface area contributed by atoms with Crippen LogP contribution in [-0.4, -0.2) is 22.2 Å². The number of aromatic nitrogens is 1. The lowest BCUT2D eigenvalue weighted by molar-refractivity contribution is 0.192. The van der Waals surface area contributed by atoms with Crippen molar-refractivity contribution in [2.24, 2.45) is 0 Å². The van der Waals surface area contributed by atoms with Gasteiger partial charge in [0.15, 0.2) is 5.58 Å². The van der Waals surface area contributed by atoms with Crippen LogP contribution in [0.25, 0.3) is 27.8 Å². The largest absolute Gasteiger partial charge is 0.465 e. The minimum atomic E-state index is -1.04. The van der Waals surface area contributed by atoms with Crippen LogP contribution in [0.15, 0.2) is 40.8 Å². The van der Waals surface area contributed by atoms with E-state index < -0.39 is 6.09 Å². The van der Waals surface area contributed by atoms with Gasteiger partial charge in [0.1, 0.15) is 11.6 Å². The zero-order valence-corrected chi connectivity index (χ0v) is 18.1. The van der Waals surface area contributed by atoms with E-state index in [2.05, 4.69) is 11.4 Å². The molecular weight excluding hydrogens is 390 g/mol. The standard InChI is InChI=1S/C25H25N3O3/c1-14-18(13-26)21-22(31-23(28-21)25(2,3)4)20(19(14)15-8-6-5-7-9-15)16-10-11-17(12-16)27-24(29)30/h5-9,12,17,27H,10-11H2,1-4H3,(H,29,30). The number of fused-ring (bicyclic) bond motifs is 1. The van der Waals surface area contributed by atoms with E-state index in [0.717, 1.165) is 27.8 Å². The summed E-state index contributed by atoms with van der Waals surface area (Å²) in [6, 6.07) is 12.0. The predicted molar refractivity (Wildman–Crippen MR) is 120 cm³/mol. The molecule has 3 aromatic rings. The first-order valence-electron chi connectivity index (χ1n) is 10.3. The molecule has 0 bridgehead atoms. The van der Waals surface area contributed by atoms with E-state index in [1.165, 1.54) is 0 Å². The van der Waals surface area contributed by atoms with Crippen LogP contribution in [0.5, 0.6) is 0 Å². The third-order valence-corrected chi connectivity index (χ3v) is 5.66. The summed E-state index contributed by atoms with van der Waals surface area (Å²) in [7, 11) is 0. The average molecular weight is 415 g/mol. The number of allylic oxidation sites excluding steroid dienone is 1. The van der Waals surface area contributed by atoms with Gasteiger partial charge in [-0.25, -0.2) is 9.78 Å². The number of carboxylic acid groups (broad SMARTS) is 1. The summed E-state index contributed by atoms with van der Waals surface area (Å²) >= 11 is 0. The van der Waals surface area contributed by atoms with Gasteiger partial charge in [0.05, 0.1) is 11.6 Å². The number of nitriles is 1. The Morgan fingerprint density at radius 3 is 2.58 bits per heavy atom. The van der Waals surface area contributed by atoms with Gasteiger partial charge < -0.3 is 14.8 Å². The molecule has 4 rings (SSSR count). The maximum Gasteiger partial charge on any atom is 0.405 e. The number of oxazole rings is 1. The van der Waals surface area contributed by atoms with Crippen LogP contribution in [0, 0.1) is 18.3 Å². The van der Waals surface area contributed by atoms with Crippen molar-refractivity contribution >= 4 is 22.8 Å². The van der Waals surface area contributed by atoms with Gasteiger partial charge in [-0.3, -0.25) is 0 Å². The molecular formula is C25H25N3O3. The molecule has 1 amide bonds. The molecule has 1 aliphatic carbocycles. The third-order valence-electron chi connectivity index (χ3n) is 5.66. The highest BCUT2D eigenvalue weighted by atomic mass is 16.4. The van der Waals surface area contributed by atoms with Crippen molar-refractivity contribution in [2.75, 3.05) is 0 Å². The number of carbonyl (C=O) groups is 1. The molecule has 1 aromatic heterocycles. The average Bonchev–Trinajstić information content (AvgIpc) is 3.34. The van der Waals surface area contributed by atoms with Crippen molar-refractivity contribution in [2.45, 2.75) is 52.0 Å². The molecule has 158 valence electrons. The lowest BCUT2D eigenvalue weighted by atomic mass is 9.87. The quantitative estimate of drug-likeness (QED) is 0.564. The summed E-state index contributed by atoms with van der Waals surface area (Å²) in [4.78, 5) is 15.9. The van der Waals surface area contributed by atoms with E-state index in [-0.39, 0.29) is 11.5 Å². The fourth-order valence-electron chi connectivity index (χ4n) is 4.19. The van der Waals surface area contributed by atoms with Crippen molar-refractivity contribution in [1.29, 1.82) is 5.26 Å². The normalized spacial score (nSPS) is 16.2. The number of rotatable bonds is 3. The second-order valence-electron chi connectivity index (χ2n) is 8.96. The summed E-state index contributed by atoms with van der Waals surface area (Å²) in [5.41, 5.74) is 6.02. The first kappa shape index (κ1) is 20.7. The molecule has 0 spiro atoms. The van der Waals surface area contributed by atoms with Gasteiger partial charge in [0.2, 0.25) is 5.89 Å². The van der Waals surface area contributed by atoms with E-state index >= 15 is 0 Å². The van der Waals surface area contributed by atoms with E-state index in [1.807, 2.05) is 64.1 Å². The Bertz CT molecular complexity index is 1240. The number of nitrogens with zero attached hydrogens (tertiary/aromatic N) is 2. The Morgan fingerprint density at radius 1 is 1.26 bits per heavy atom. The van der Waals surface area contributed by atoms with Gasteiger partial charge in [-0.05, 0) is 42.0 Å². The molecule has 2 aromatic carbocycles. The Labute approximate surface area is 181 Å². The minimum Gasteiger partial charge on any atom is -0.465 e. The molecule has 1 atom stereocenters. The summed E-state index contributed by atoms with van der Waals surface area (Å²) in [5.74, 6) is 0.573. The van der Waals surface area contributed by atoms with Crippen molar-refractivity contribution in [3.05, 3.63) is 59.0 Å².